The van der Waals surface area contributed by atoms with E-state index in [1.807, 2.05) is 30.3 Å². The van der Waals surface area contributed by atoms with Crippen LogP contribution in [0.4, 0.5) is 24.5 Å². The highest BCUT2D eigenvalue weighted by molar-refractivity contribution is 7.80. The lowest BCUT2D eigenvalue weighted by Crippen LogP contribution is -2.33. The van der Waals surface area contributed by atoms with E-state index in [1.165, 1.54) is 24.3 Å². The molecule has 3 N–H and O–H groups in total. The zero-order chi connectivity index (χ0) is 16.0. The number of para-hydroxylation sites is 1. The maximum atomic E-state index is 12.0. The molecule has 4 nitrogen and oxygen atoms in total. The maximum Gasteiger partial charge on any atom is 0.573 e. The highest BCUT2D eigenvalue weighted by Gasteiger charge is 2.30. The molecule has 0 saturated carbocycles. The van der Waals surface area contributed by atoms with Gasteiger partial charge in [0.15, 0.2) is 5.11 Å². The molecule has 0 bridgehead atoms. The molecule has 0 aliphatic carbocycles. The molecule has 2 aromatic carbocycles. The van der Waals surface area contributed by atoms with Gasteiger partial charge in [0.2, 0.25) is 0 Å². The monoisotopic (exact) mass is 327 g/mol. The molecule has 0 heterocycles. The molecule has 2 aromatic rings. The fourth-order valence-electron chi connectivity index (χ4n) is 1.55. The largest absolute Gasteiger partial charge is 0.573 e. The van der Waals surface area contributed by atoms with Crippen LogP contribution in [-0.4, -0.2) is 11.5 Å². The first-order valence-electron chi connectivity index (χ1n) is 6.16. The van der Waals surface area contributed by atoms with Gasteiger partial charge in [-0.25, -0.2) is 0 Å². The van der Waals surface area contributed by atoms with Crippen molar-refractivity contribution in [3.63, 3.8) is 0 Å². The van der Waals surface area contributed by atoms with E-state index in [0.29, 0.717) is 5.69 Å². The summed E-state index contributed by atoms with van der Waals surface area (Å²) >= 11 is 5.06. The summed E-state index contributed by atoms with van der Waals surface area (Å²) in [5.41, 5.74) is 6.99. The summed E-state index contributed by atoms with van der Waals surface area (Å²) < 4.78 is 39.9. The van der Waals surface area contributed by atoms with Gasteiger partial charge in [0.1, 0.15) is 5.75 Å². The average molecular weight is 327 g/mol. The van der Waals surface area contributed by atoms with Crippen molar-refractivity contribution in [2.24, 2.45) is 0 Å². The molecule has 116 valence electrons. The number of ether oxygens (including phenoxy) is 1. The van der Waals surface area contributed by atoms with Crippen molar-refractivity contribution >= 4 is 28.7 Å². The second-order valence-electron chi connectivity index (χ2n) is 4.14. The van der Waals surface area contributed by atoms with Gasteiger partial charge in [-0.2, -0.15) is 0 Å². The minimum atomic E-state index is -4.70. The number of hydrogen-bond acceptors (Lipinski definition) is 3. The molecule has 2 rings (SSSR count). The van der Waals surface area contributed by atoms with E-state index in [0.717, 1.165) is 5.69 Å². The standard InChI is InChI=1S/C14H12F3N3OS/c15-14(16,17)21-12-8-6-10(7-9-12)18-13(22)20-19-11-4-2-1-3-5-11/h1-9,19H,(H2,18,20,22). The van der Waals surface area contributed by atoms with Crippen LogP contribution in [0.1, 0.15) is 0 Å². The van der Waals surface area contributed by atoms with E-state index in [-0.39, 0.29) is 10.9 Å². The minimum Gasteiger partial charge on any atom is -0.406 e. The van der Waals surface area contributed by atoms with Crippen molar-refractivity contribution in [1.29, 1.82) is 0 Å². The van der Waals surface area contributed by atoms with Gasteiger partial charge in [-0.05, 0) is 48.6 Å². The number of anilines is 2. The molecule has 0 unspecified atom stereocenters. The molecule has 0 saturated heterocycles. The van der Waals surface area contributed by atoms with Crippen LogP contribution in [0, 0.1) is 0 Å². The van der Waals surface area contributed by atoms with Crippen LogP contribution in [0.2, 0.25) is 0 Å². The van der Waals surface area contributed by atoms with Crippen molar-refractivity contribution in [2.75, 3.05) is 10.7 Å². The van der Waals surface area contributed by atoms with Crippen molar-refractivity contribution in [2.45, 2.75) is 6.36 Å². The Balaban J connectivity index is 1.84. The van der Waals surface area contributed by atoms with Gasteiger partial charge in [0.05, 0.1) is 5.69 Å². The number of hydrogen-bond donors (Lipinski definition) is 3. The predicted octanol–water partition coefficient (Wildman–Crippen LogP) is 3.90. The van der Waals surface area contributed by atoms with E-state index in [1.54, 1.807) is 0 Å². The van der Waals surface area contributed by atoms with Crippen LogP contribution in [-0.2, 0) is 0 Å². The summed E-state index contributed by atoms with van der Waals surface area (Å²) in [4.78, 5) is 0. The SMILES string of the molecule is FC(F)(F)Oc1ccc(NC(=S)NNc2ccccc2)cc1. The number of benzene rings is 2. The van der Waals surface area contributed by atoms with Gasteiger partial charge in [-0.1, -0.05) is 18.2 Å². The third-order valence-electron chi connectivity index (χ3n) is 2.44. The summed E-state index contributed by atoms with van der Waals surface area (Å²) in [6.45, 7) is 0. The molecule has 0 amide bonds. The van der Waals surface area contributed by atoms with E-state index < -0.39 is 6.36 Å². The third-order valence-corrected chi connectivity index (χ3v) is 2.64. The van der Waals surface area contributed by atoms with Crippen molar-refractivity contribution in [3.05, 3.63) is 54.6 Å². The van der Waals surface area contributed by atoms with E-state index >= 15 is 0 Å². The Morgan fingerprint density at radius 3 is 2.14 bits per heavy atom. The Labute approximate surface area is 130 Å². The second-order valence-corrected chi connectivity index (χ2v) is 4.55. The minimum absolute atomic E-state index is 0.272. The van der Waals surface area contributed by atoms with Crippen molar-refractivity contribution in [1.82, 2.24) is 5.43 Å². The normalized spacial score (nSPS) is 10.7. The summed E-state index contributed by atoms with van der Waals surface area (Å²) in [7, 11) is 0. The third kappa shape index (κ3) is 5.49. The number of halogens is 3. The van der Waals surface area contributed by atoms with Gasteiger partial charge in [-0.3, -0.25) is 10.9 Å². The molecule has 0 aliphatic heterocycles. The quantitative estimate of drug-likeness (QED) is 0.587. The van der Waals surface area contributed by atoms with Gasteiger partial charge in [-0.15, -0.1) is 13.2 Å². The first-order chi connectivity index (χ1) is 10.4. The van der Waals surface area contributed by atoms with E-state index in [2.05, 4.69) is 20.9 Å². The summed E-state index contributed by atoms with van der Waals surface area (Å²) in [6, 6.07) is 14.5. The fourth-order valence-corrected chi connectivity index (χ4v) is 1.72. The smallest absolute Gasteiger partial charge is 0.406 e. The van der Waals surface area contributed by atoms with Crippen LogP contribution in [0.5, 0.6) is 5.75 Å². The van der Waals surface area contributed by atoms with Crippen molar-refractivity contribution in [3.8, 4) is 5.75 Å². The number of rotatable bonds is 4. The lowest BCUT2D eigenvalue weighted by molar-refractivity contribution is -0.274. The summed E-state index contributed by atoms with van der Waals surface area (Å²) in [5.74, 6) is -0.292. The van der Waals surface area contributed by atoms with Crippen LogP contribution in [0.15, 0.2) is 54.6 Å². The Bertz CT molecular complexity index is 617. The van der Waals surface area contributed by atoms with Gasteiger partial charge in [0.25, 0.3) is 0 Å². The zero-order valence-electron chi connectivity index (χ0n) is 11.1. The van der Waals surface area contributed by atoms with Gasteiger partial charge >= 0.3 is 6.36 Å². The van der Waals surface area contributed by atoms with E-state index in [4.69, 9.17) is 12.2 Å². The first kappa shape index (κ1) is 15.9. The predicted molar refractivity (Wildman–Crippen MR) is 82.5 cm³/mol. The summed E-state index contributed by atoms with van der Waals surface area (Å²) in [6.07, 6.45) is -4.70. The second kappa shape index (κ2) is 6.99. The molecule has 0 spiro atoms. The Kier molecular flexibility index (Phi) is 5.05. The van der Waals surface area contributed by atoms with E-state index in [9.17, 15) is 13.2 Å². The molecular weight excluding hydrogens is 315 g/mol. The van der Waals surface area contributed by atoms with Crippen LogP contribution >= 0.6 is 12.2 Å². The number of nitrogens with one attached hydrogen (secondary N) is 3. The lowest BCUT2D eigenvalue weighted by atomic mass is 10.3. The van der Waals surface area contributed by atoms with Gasteiger partial charge < -0.3 is 10.1 Å². The van der Waals surface area contributed by atoms with Crippen LogP contribution in [0.3, 0.4) is 0 Å². The fraction of sp³-hybridized carbons (Fsp3) is 0.0714. The average Bonchev–Trinajstić information content (AvgIpc) is 2.47. The highest BCUT2D eigenvalue weighted by Crippen LogP contribution is 2.23. The topological polar surface area (TPSA) is 45.3 Å². The number of thiocarbonyl (C=S) groups is 1. The van der Waals surface area contributed by atoms with Crippen molar-refractivity contribution < 1.29 is 17.9 Å². The van der Waals surface area contributed by atoms with Crippen LogP contribution in [0.25, 0.3) is 0 Å². The molecule has 8 heteroatoms. The Hall–Kier alpha value is -2.48. The molecule has 0 radical (unpaired) electrons. The number of hydrazine groups is 1. The molecular formula is C14H12F3N3OS. The summed E-state index contributed by atoms with van der Waals surface area (Å²) in [5, 5.41) is 3.09. The Morgan fingerprint density at radius 2 is 1.55 bits per heavy atom. The molecule has 0 fully saturated rings. The molecule has 0 aromatic heterocycles. The molecule has 22 heavy (non-hydrogen) atoms. The first-order valence-corrected chi connectivity index (χ1v) is 6.57. The van der Waals surface area contributed by atoms with Gasteiger partial charge in [0, 0.05) is 5.69 Å². The Morgan fingerprint density at radius 1 is 0.909 bits per heavy atom. The maximum absolute atomic E-state index is 12.0. The molecule has 0 aliphatic rings. The van der Waals surface area contributed by atoms with Crippen LogP contribution < -0.4 is 20.9 Å². The lowest BCUT2D eigenvalue weighted by Gasteiger charge is -2.13. The number of alkyl halides is 3. The highest BCUT2D eigenvalue weighted by atomic mass is 32.1. The zero-order valence-corrected chi connectivity index (χ0v) is 12.0. The molecule has 0 atom stereocenters.